The predicted octanol–water partition coefficient (Wildman–Crippen LogP) is -2.00. The zero-order valence-electron chi connectivity index (χ0n) is 10.1. The number of aliphatic hydroxyl groups excluding tert-OH is 2. The van der Waals surface area contributed by atoms with Gasteiger partial charge in [-0.05, 0) is 12.8 Å². The van der Waals surface area contributed by atoms with E-state index in [9.17, 15) is 0 Å². The maximum absolute atomic E-state index is 8.93. The Labute approximate surface area is 100 Å². The molecule has 0 saturated carbocycles. The molecule has 0 fully saturated rings. The van der Waals surface area contributed by atoms with E-state index in [1.807, 2.05) is 0 Å². The SMILES string of the molecule is CCCCCC[N+](C)(CCO)CCO.[Cl-]. The highest BCUT2D eigenvalue weighted by atomic mass is 35.5. The third-order valence-electron chi connectivity index (χ3n) is 2.83. The van der Waals surface area contributed by atoms with Crippen molar-refractivity contribution < 1.29 is 27.1 Å². The van der Waals surface area contributed by atoms with Crippen molar-refractivity contribution in [1.82, 2.24) is 0 Å². The standard InChI is InChI=1S/C11H26NO2.ClH/c1-3-4-5-6-7-12(2,8-10-13)9-11-14;/h13-14H,3-11H2,1-2H3;1H/q+1;/p-1. The third-order valence-corrected chi connectivity index (χ3v) is 2.83. The van der Waals surface area contributed by atoms with Gasteiger partial charge in [-0.2, -0.15) is 0 Å². The van der Waals surface area contributed by atoms with Gasteiger partial charge in [0.2, 0.25) is 0 Å². The lowest BCUT2D eigenvalue weighted by molar-refractivity contribution is -0.910. The normalized spacial score (nSPS) is 11.2. The summed E-state index contributed by atoms with van der Waals surface area (Å²) < 4.78 is 0.802. The second-order valence-electron chi connectivity index (χ2n) is 4.30. The van der Waals surface area contributed by atoms with Crippen molar-refractivity contribution in [2.75, 3.05) is 39.9 Å². The van der Waals surface area contributed by atoms with Crippen LogP contribution in [-0.4, -0.2) is 54.6 Å². The summed E-state index contributed by atoms with van der Waals surface area (Å²) in [5.74, 6) is 0. The number of likely N-dealkylation sites (N-methyl/N-ethyl adjacent to an activating group) is 1. The molecule has 0 aromatic rings. The summed E-state index contributed by atoms with van der Waals surface area (Å²) in [6.07, 6.45) is 5.01. The maximum Gasteiger partial charge on any atom is 0.102 e. The van der Waals surface area contributed by atoms with Gasteiger partial charge >= 0.3 is 0 Å². The first-order chi connectivity index (χ1) is 6.68. The molecule has 0 bridgehead atoms. The van der Waals surface area contributed by atoms with Gasteiger partial charge in [-0.1, -0.05) is 19.8 Å². The smallest absolute Gasteiger partial charge is 0.102 e. The highest BCUT2D eigenvalue weighted by Gasteiger charge is 2.19. The summed E-state index contributed by atoms with van der Waals surface area (Å²) in [6, 6.07) is 0. The highest BCUT2D eigenvalue weighted by Crippen LogP contribution is 2.07. The van der Waals surface area contributed by atoms with E-state index in [4.69, 9.17) is 10.2 Å². The molecule has 2 N–H and O–H groups in total. The molecule has 0 aliphatic carbocycles. The average molecular weight is 240 g/mol. The number of hydrogen-bond acceptors (Lipinski definition) is 2. The summed E-state index contributed by atoms with van der Waals surface area (Å²) in [4.78, 5) is 0. The molecule has 0 unspecified atom stereocenters. The lowest BCUT2D eigenvalue weighted by atomic mass is 10.2. The number of rotatable bonds is 9. The number of unbranched alkanes of at least 4 members (excludes halogenated alkanes) is 3. The van der Waals surface area contributed by atoms with Crippen molar-refractivity contribution in [1.29, 1.82) is 0 Å². The monoisotopic (exact) mass is 239 g/mol. The van der Waals surface area contributed by atoms with E-state index in [1.165, 1.54) is 25.7 Å². The number of nitrogens with zero attached hydrogens (tertiary/aromatic N) is 1. The summed E-state index contributed by atoms with van der Waals surface area (Å²) in [5.41, 5.74) is 0. The molecule has 0 radical (unpaired) electrons. The first kappa shape index (κ1) is 17.6. The fourth-order valence-corrected chi connectivity index (χ4v) is 1.74. The van der Waals surface area contributed by atoms with Crippen molar-refractivity contribution >= 4 is 0 Å². The number of hydrogen-bond donors (Lipinski definition) is 2. The number of halogens is 1. The van der Waals surface area contributed by atoms with Gasteiger partial charge in [0.1, 0.15) is 13.1 Å². The Kier molecular flexibility index (Phi) is 12.5. The van der Waals surface area contributed by atoms with Gasteiger partial charge in [0.05, 0.1) is 26.8 Å². The van der Waals surface area contributed by atoms with E-state index >= 15 is 0 Å². The Hall–Kier alpha value is 0.170. The Morgan fingerprint density at radius 3 is 1.80 bits per heavy atom. The fraction of sp³-hybridized carbons (Fsp3) is 1.00. The van der Waals surface area contributed by atoms with Crippen LogP contribution in [0.25, 0.3) is 0 Å². The topological polar surface area (TPSA) is 40.5 Å². The van der Waals surface area contributed by atoms with Crippen LogP contribution in [0.15, 0.2) is 0 Å². The van der Waals surface area contributed by atoms with Crippen LogP contribution < -0.4 is 12.4 Å². The van der Waals surface area contributed by atoms with Crippen LogP contribution in [-0.2, 0) is 0 Å². The third kappa shape index (κ3) is 9.12. The molecule has 0 aliphatic heterocycles. The van der Waals surface area contributed by atoms with Crippen LogP contribution in [0, 0.1) is 0 Å². The van der Waals surface area contributed by atoms with Crippen LogP contribution in [0.1, 0.15) is 32.6 Å². The van der Waals surface area contributed by atoms with Crippen LogP contribution >= 0.6 is 0 Å². The van der Waals surface area contributed by atoms with E-state index in [-0.39, 0.29) is 25.6 Å². The average Bonchev–Trinajstić information content (AvgIpc) is 2.13. The van der Waals surface area contributed by atoms with Crippen LogP contribution in [0.5, 0.6) is 0 Å². The molecule has 0 amide bonds. The molecule has 0 aliphatic rings. The molecular weight excluding hydrogens is 214 g/mol. The summed E-state index contributed by atoms with van der Waals surface area (Å²) in [5, 5.41) is 17.9. The van der Waals surface area contributed by atoms with E-state index in [2.05, 4.69) is 14.0 Å². The first-order valence-corrected chi connectivity index (χ1v) is 5.74. The molecule has 15 heavy (non-hydrogen) atoms. The minimum atomic E-state index is 0. The lowest BCUT2D eigenvalue weighted by Gasteiger charge is -2.33. The molecule has 0 aromatic heterocycles. The largest absolute Gasteiger partial charge is 1.00 e. The van der Waals surface area contributed by atoms with Crippen molar-refractivity contribution in [2.24, 2.45) is 0 Å². The Balaban J connectivity index is 0. The summed E-state index contributed by atoms with van der Waals surface area (Å²) in [7, 11) is 2.11. The van der Waals surface area contributed by atoms with Gasteiger partial charge < -0.3 is 27.1 Å². The second-order valence-corrected chi connectivity index (χ2v) is 4.30. The minimum Gasteiger partial charge on any atom is -1.00 e. The maximum atomic E-state index is 8.93. The molecule has 0 saturated heterocycles. The van der Waals surface area contributed by atoms with Gasteiger partial charge in [0.15, 0.2) is 0 Å². The highest BCUT2D eigenvalue weighted by molar-refractivity contribution is 4.43. The minimum absolute atomic E-state index is 0. The first-order valence-electron chi connectivity index (χ1n) is 5.74. The summed E-state index contributed by atoms with van der Waals surface area (Å²) >= 11 is 0. The van der Waals surface area contributed by atoms with Gasteiger partial charge in [0.25, 0.3) is 0 Å². The molecular formula is C11H26ClNO2. The summed E-state index contributed by atoms with van der Waals surface area (Å²) in [6.45, 7) is 5.21. The molecule has 0 rings (SSSR count). The Bertz CT molecular complexity index is 128. The molecule has 0 atom stereocenters. The van der Waals surface area contributed by atoms with E-state index in [0.717, 1.165) is 24.1 Å². The molecule has 0 heterocycles. The van der Waals surface area contributed by atoms with E-state index < -0.39 is 0 Å². The molecule has 4 heteroatoms. The second kappa shape index (κ2) is 10.7. The molecule has 3 nitrogen and oxygen atoms in total. The number of quaternary nitrogens is 1. The van der Waals surface area contributed by atoms with Crippen molar-refractivity contribution in [3.63, 3.8) is 0 Å². The van der Waals surface area contributed by atoms with Gasteiger partial charge in [-0.3, -0.25) is 0 Å². The molecule has 0 aromatic carbocycles. The Morgan fingerprint density at radius 2 is 1.40 bits per heavy atom. The van der Waals surface area contributed by atoms with Crippen LogP contribution in [0.4, 0.5) is 0 Å². The molecule has 0 spiro atoms. The van der Waals surface area contributed by atoms with Gasteiger partial charge in [-0.15, -0.1) is 0 Å². The lowest BCUT2D eigenvalue weighted by Crippen LogP contribution is -3.00. The van der Waals surface area contributed by atoms with Crippen molar-refractivity contribution in [2.45, 2.75) is 32.6 Å². The van der Waals surface area contributed by atoms with Crippen molar-refractivity contribution in [3.05, 3.63) is 0 Å². The van der Waals surface area contributed by atoms with E-state index in [1.54, 1.807) is 0 Å². The number of aliphatic hydroxyl groups is 2. The van der Waals surface area contributed by atoms with E-state index in [0.29, 0.717) is 0 Å². The van der Waals surface area contributed by atoms with Crippen molar-refractivity contribution in [3.8, 4) is 0 Å². The fourth-order valence-electron chi connectivity index (χ4n) is 1.74. The zero-order chi connectivity index (χ0) is 10.9. The van der Waals surface area contributed by atoms with Crippen LogP contribution in [0.3, 0.4) is 0 Å². The van der Waals surface area contributed by atoms with Gasteiger partial charge in [0, 0.05) is 0 Å². The zero-order valence-corrected chi connectivity index (χ0v) is 10.8. The van der Waals surface area contributed by atoms with Crippen LogP contribution in [0.2, 0.25) is 0 Å². The predicted molar refractivity (Wildman–Crippen MR) is 59.1 cm³/mol. The quantitative estimate of drug-likeness (QED) is 0.361. The van der Waals surface area contributed by atoms with Gasteiger partial charge in [-0.25, -0.2) is 0 Å². The molecule has 94 valence electrons. The Morgan fingerprint density at radius 1 is 0.867 bits per heavy atom.